The van der Waals surface area contributed by atoms with Gasteiger partial charge in [-0.25, -0.2) is 0 Å². The molecule has 0 aromatic carbocycles. The molecule has 352 valence electrons. The molecule has 7 nitrogen and oxygen atoms in total. The molecule has 60 heavy (non-hydrogen) atoms. The van der Waals surface area contributed by atoms with Crippen LogP contribution in [0.3, 0.4) is 0 Å². The molecule has 1 unspecified atom stereocenters. The largest absolute Gasteiger partial charge is 0.368 e. The Bertz CT molecular complexity index is 888. The summed E-state index contributed by atoms with van der Waals surface area (Å²) < 4.78 is 29.2. The maximum absolute atomic E-state index is 10.7. The highest BCUT2D eigenvalue weighted by Crippen LogP contribution is 2.16. The third-order valence-corrected chi connectivity index (χ3v) is 11.4. The Morgan fingerprint density at radius 3 is 1.25 bits per heavy atom. The van der Waals surface area contributed by atoms with E-state index in [9.17, 15) is 5.11 Å². The van der Waals surface area contributed by atoms with Crippen molar-refractivity contribution in [1.82, 2.24) is 4.90 Å². The van der Waals surface area contributed by atoms with Crippen molar-refractivity contribution in [3.05, 3.63) is 48.6 Å². The summed E-state index contributed by atoms with van der Waals surface area (Å²) in [7, 11) is 0. The molecule has 0 bridgehead atoms. The molecule has 0 radical (unpaired) electrons. The van der Waals surface area contributed by atoms with Gasteiger partial charge in [0.2, 0.25) is 0 Å². The smallest absolute Gasteiger partial charge is 0.154 e. The summed E-state index contributed by atoms with van der Waals surface area (Å²) in [5, 5.41) is 10.7. The van der Waals surface area contributed by atoms with E-state index in [1.807, 2.05) is 0 Å². The zero-order chi connectivity index (χ0) is 42.9. The number of allylic oxidation sites excluding steroid dienone is 8. The number of unbranched alkanes of at least 4 members (excludes halogenated alkanes) is 18. The monoisotopic (exact) mass is 846 g/mol. The van der Waals surface area contributed by atoms with E-state index >= 15 is 0 Å². The Balaban J connectivity index is 2.04. The van der Waals surface area contributed by atoms with Crippen molar-refractivity contribution >= 4 is 0 Å². The number of rotatable bonds is 48. The number of aliphatic hydroxyl groups is 1. The van der Waals surface area contributed by atoms with Crippen LogP contribution in [0.5, 0.6) is 0 Å². The van der Waals surface area contributed by atoms with E-state index in [4.69, 9.17) is 23.7 Å². The quantitative estimate of drug-likeness (QED) is 0.0372. The van der Waals surface area contributed by atoms with Crippen molar-refractivity contribution in [3.63, 3.8) is 0 Å². The molecule has 1 heterocycles. The van der Waals surface area contributed by atoms with Gasteiger partial charge in [-0.15, -0.1) is 0 Å². The van der Waals surface area contributed by atoms with Gasteiger partial charge < -0.3 is 33.7 Å². The highest BCUT2D eigenvalue weighted by atomic mass is 16.7. The number of hydrogen-bond donors (Lipinski definition) is 1. The van der Waals surface area contributed by atoms with Gasteiger partial charge in [-0.1, -0.05) is 140 Å². The van der Waals surface area contributed by atoms with Crippen molar-refractivity contribution in [3.8, 4) is 0 Å². The van der Waals surface area contributed by atoms with E-state index in [1.165, 1.54) is 154 Å². The first kappa shape index (κ1) is 56.7. The van der Waals surface area contributed by atoms with Gasteiger partial charge in [0.1, 0.15) is 13.6 Å². The number of likely N-dealkylation sites (tertiary alicyclic amines) is 1. The lowest BCUT2D eigenvalue weighted by molar-refractivity contribution is -0.147. The summed E-state index contributed by atoms with van der Waals surface area (Å²) in [6, 6.07) is 0. The molecule has 1 aliphatic heterocycles. The van der Waals surface area contributed by atoms with Crippen LogP contribution < -0.4 is 0 Å². The molecule has 1 fully saturated rings. The summed E-state index contributed by atoms with van der Waals surface area (Å²) >= 11 is 0. The molecule has 0 saturated carbocycles. The first-order valence-corrected chi connectivity index (χ1v) is 25.7. The fourth-order valence-electron chi connectivity index (χ4n) is 7.63. The second-order valence-corrected chi connectivity index (χ2v) is 17.2. The average Bonchev–Trinajstić information content (AvgIpc) is 3.78. The average molecular weight is 846 g/mol. The Hall–Kier alpha value is -1.32. The summed E-state index contributed by atoms with van der Waals surface area (Å²) in [6.07, 6.45) is 55.7. The van der Waals surface area contributed by atoms with Crippen LogP contribution in [-0.2, 0) is 23.7 Å². The van der Waals surface area contributed by atoms with E-state index in [2.05, 4.69) is 67.4 Å². The van der Waals surface area contributed by atoms with Crippen molar-refractivity contribution in [2.45, 2.75) is 232 Å². The van der Waals surface area contributed by atoms with Crippen molar-refractivity contribution < 1.29 is 28.8 Å². The van der Waals surface area contributed by atoms with E-state index in [0.29, 0.717) is 33.2 Å². The number of nitrogens with zero attached hydrogens (tertiary/aromatic N) is 1. The normalized spacial score (nSPS) is 14.5. The zero-order valence-corrected chi connectivity index (χ0v) is 39.7. The van der Waals surface area contributed by atoms with E-state index in [0.717, 1.165) is 77.5 Å². The molecular formula is C53H99NO6. The molecule has 0 aromatic heterocycles. The molecule has 1 aliphatic rings. The lowest BCUT2D eigenvalue weighted by atomic mass is 10.1. The highest BCUT2D eigenvalue weighted by Gasteiger charge is 2.16. The molecule has 0 aliphatic carbocycles. The van der Waals surface area contributed by atoms with Crippen molar-refractivity contribution in [2.75, 3.05) is 59.6 Å². The minimum absolute atomic E-state index is 0.00242. The molecule has 7 heteroatoms. The van der Waals surface area contributed by atoms with Crippen molar-refractivity contribution in [1.29, 1.82) is 0 Å². The maximum atomic E-state index is 10.7. The standard InChI is InChI=1S/C53H99NO6/c1-3-5-7-9-11-13-15-17-19-21-23-25-27-29-31-35-46-56-50-58-48-38-40-52(60-53(55)42-37-45-54-43-33-34-44-54)41-39-49-59-51-57-47-36-32-30-28-26-24-22-20-18-16-14-12-10-8-6-4-2/h11-14,17-20,52-53,55H,3-10,15-16,21-51H2,1-2H3/b13-11-,14-12-,19-17-,20-18-. The number of hydrogen-bond acceptors (Lipinski definition) is 7. The first-order chi connectivity index (χ1) is 29.8. The van der Waals surface area contributed by atoms with E-state index in [1.54, 1.807) is 0 Å². The van der Waals surface area contributed by atoms with Crippen LogP contribution >= 0.6 is 0 Å². The lowest BCUT2D eigenvalue weighted by Gasteiger charge is -2.23. The van der Waals surface area contributed by atoms with Gasteiger partial charge in [-0.05, 0) is 148 Å². The SMILES string of the molecule is CCCCC/C=C\C/C=C\CCCCCCCCOCOCCCC(CCCOCOCCCCCCCC/C=C\C/C=C\CCCCC)OC(O)CCCN1CCCC1. The Labute approximate surface area is 372 Å². The highest BCUT2D eigenvalue weighted by molar-refractivity contribution is 4.93. The first-order valence-electron chi connectivity index (χ1n) is 25.7. The van der Waals surface area contributed by atoms with Gasteiger partial charge in [0, 0.05) is 26.4 Å². The number of aliphatic hydroxyl groups excluding tert-OH is 1. The molecule has 1 N–H and O–H groups in total. The summed E-state index contributed by atoms with van der Waals surface area (Å²) in [6.45, 7) is 11.5. The molecule has 0 aromatic rings. The molecule has 1 atom stereocenters. The van der Waals surface area contributed by atoms with Gasteiger partial charge in [0.05, 0.1) is 6.10 Å². The van der Waals surface area contributed by atoms with Crippen LogP contribution in [0, 0.1) is 0 Å². The summed E-state index contributed by atoms with van der Waals surface area (Å²) in [5.41, 5.74) is 0. The number of ether oxygens (including phenoxy) is 5. The van der Waals surface area contributed by atoms with Crippen LogP contribution in [0.25, 0.3) is 0 Å². The Morgan fingerprint density at radius 1 is 0.433 bits per heavy atom. The van der Waals surface area contributed by atoms with Crippen LogP contribution in [-0.4, -0.2) is 82.0 Å². The summed E-state index contributed by atoms with van der Waals surface area (Å²) in [4.78, 5) is 2.50. The van der Waals surface area contributed by atoms with Crippen LogP contribution in [0.15, 0.2) is 48.6 Å². The van der Waals surface area contributed by atoms with Crippen LogP contribution in [0.2, 0.25) is 0 Å². The minimum atomic E-state index is -0.713. The predicted octanol–water partition coefficient (Wildman–Crippen LogP) is 14.7. The van der Waals surface area contributed by atoms with E-state index in [-0.39, 0.29) is 6.10 Å². The van der Waals surface area contributed by atoms with Gasteiger partial charge in [0.15, 0.2) is 6.29 Å². The maximum Gasteiger partial charge on any atom is 0.154 e. The lowest BCUT2D eigenvalue weighted by Crippen LogP contribution is -2.25. The molecule has 1 rings (SSSR count). The fourth-order valence-corrected chi connectivity index (χ4v) is 7.63. The second-order valence-electron chi connectivity index (χ2n) is 17.2. The van der Waals surface area contributed by atoms with Gasteiger partial charge in [-0.3, -0.25) is 0 Å². The third-order valence-electron chi connectivity index (χ3n) is 11.4. The van der Waals surface area contributed by atoms with Crippen LogP contribution in [0.1, 0.15) is 219 Å². The fraction of sp³-hybridized carbons (Fsp3) is 0.849. The Kier molecular flexibility index (Phi) is 46.0. The topological polar surface area (TPSA) is 69.6 Å². The zero-order valence-electron chi connectivity index (χ0n) is 39.7. The van der Waals surface area contributed by atoms with Gasteiger partial charge >= 0.3 is 0 Å². The van der Waals surface area contributed by atoms with Gasteiger partial charge in [0.25, 0.3) is 0 Å². The molecular weight excluding hydrogens is 747 g/mol. The molecule has 0 spiro atoms. The molecule has 0 amide bonds. The molecule has 1 saturated heterocycles. The Morgan fingerprint density at radius 2 is 0.817 bits per heavy atom. The van der Waals surface area contributed by atoms with Crippen LogP contribution in [0.4, 0.5) is 0 Å². The minimum Gasteiger partial charge on any atom is -0.368 e. The summed E-state index contributed by atoms with van der Waals surface area (Å²) in [5.74, 6) is 0. The third kappa shape index (κ3) is 43.3. The van der Waals surface area contributed by atoms with Gasteiger partial charge in [-0.2, -0.15) is 0 Å². The van der Waals surface area contributed by atoms with Crippen molar-refractivity contribution in [2.24, 2.45) is 0 Å². The van der Waals surface area contributed by atoms with E-state index < -0.39 is 6.29 Å². The second kappa shape index (κ2) is 48.7. The predicted molar refractivity (Wildman–Crippen MR) is 257 cm³/mol.